The Morgan fingerprint density at radius 3 is 3.00 bits per heavy atom. The third-order valence-corrected chi connectivity index (χ3v) is 3.21. The summed E-state index contributed by atoms with van der Waals surface area (Å²) in [5.41, 5.74) is 6.02. The van der Waals surface area contributed by atoms with E-state index in [9.17, 15) is 9.59 Å². The highest BCUT2D eigenvalue weighted by Gasteiger charge is 2.34. The Kier molecular flexibility index (Phi) is 2.29. The number of anilines is 1. The maximum Gasteiger partial charge on any atom is 0.228 e. The average molecular weight is 244 g/mol. The SMILES string of the molecule is NC(=O)C1CC(=O)N(c2cccc3nccn23)C1. The number of nitrogens with zero attached hydrogens (tertiary/aromatic N) is 3. The largest absolute Gasteiger partial charge is 0.369 e. The molecule has 1 aliphatic rings. The molecule has 1 saturated heterocycles. The van der Waals surface area contributed by atoms with Crippen molar-refractivity contribution >= 4 is 23.3 Å². The fraction of sp³-hybridized carbons (Fsp3) is 0.250. The second-order valence-corrected chi connectivity index (χ2v) is 4.35. The van der Waals surface area contributed by atoms with Crippen molar-refractivity contribution in [3.05, 3.63) is 30.6 Å². The van der Waals surface area contributed by atoms with Gasteiger partial charge in [0.25, 0.3) is 0 Å². The number of imidazole rings is 1. The van der Waals surface area contributed by atoms with Crippen LogP contribution in [0.15, 0.2) is 30.6 Å². The molecule has 2 aromatic heterocycles. The van der Waals surface area contributed by atoms with Gasteiger partial charge in [0.15, 0.2) is 0 Å². The highest BCUT2D eigenvalue weighted by atomic mass is 16.2. The van der Waals surface area contributed by atoms with Gasteiger partial charge in [-0.2, -0.15) is 0 Å². The van der Waals surface area contributed by atoms with Crippen LogP contribution in [-0.4, -0.2) is 27.7 Å². The molecule has 6 heteroatoms. The van der Waals surface area contributed by atoms with Crippen LogP contribution in [-0.2, 0) is 9.59 Å². The highest BCUT2D eigenvalue weighted by molar-refractivity contribution is 5.99. The van der Waals surface area contributed by atoms with Gasteiger partial charge in [-0.25, -0.2) is 4.98 Å². The molecule has 3 rings (SSSR count). The van der Waals surface area contributed by atoms with Crippen molar-refractivity contribution in [2.45, 2.75) is 6.42 Å². The van der Waals surface area contributed by atoms with E-state index >= 15 is 0 Å². The zero-order valence-electron chi connectivity index (χ0n) is 9.61. The molecule has 0 aliphatic carbocycles. The minimum Gasteiger partial charge on any atom is -0.369 e. The summed E-state index contributed by atoms with van der Waals surface area (Å²) in [4.78, 5) is 28.9. The van der Waals surface area contributed by atoms with Crippen LogP contribution in [0.3, 0.4) is 0 Å². The van der Waals surface area contributed by atoms with E-state index < -0.39 is 11.8 Å². The lowest BCUT2D eigenvalue weighted by atomic mass is 10.1. The third-order valence-electron chi connectivity index (χ3n) is 3.21. The van der Waals surface area contributed by atoms with Gasteiger partial charge in [0.2, 0.25) is 11.8 Å². The predicted molar refractivity (Wildman–Crippen MR) is 64.8 cm³/mol. The van der Waals surface area contributed by atoms with Gasteiger partial charge in [-0.05, 0) is 12.1 Å². The molecule has 0 radical (unpaired) electrons. The van der Waals surface area contributed by atoms with Crippen molar-refractivity contribution in [1.82, 2.24) is 9.38 Å². The first-order valence-corrected chi connectivity index (χ1v) is 5.68. The molecule has 3 heterocycles. The van der Waals surface area contributed by atoms with Crippen LogP contribution in [0.5, 0.6) is 0 Å². The number of carbonyl (C=O) groups excluding carboxylic acids is 2. The number of amides is 2. The zero-order valence-corrected chi connectivity index (χ0v) is 9.61. The summed E-state index contributed by atoms with van der Waals surface area (Å²) in [6.07, 6.45) is 3.64. The lowest BCUT2D eigenvalue weighted by molar-refractivity contribution is -0.123. The second-order valence-electron chi connectivity index (χ2n) is 4.35. The molecule has 1 aliphatic heterocycles. The van der Waals surface area contributed by atoms with Crippen molar-refractivity contribution in [2.24, 2.45) is 11.7 Å². The van der Waals surface area contributed by atoms with E-state index in [1.165, 1.54) is 0 Å². The Morgan fingerprint density at radius 1 is 1.44 bits per heavy atom. The number of aromatic nitrogens is 2. The van der Waals surface area contributed by atoms with Crippen molar-refractivity contribution in [3.63, 3.8) is 0 Å². The molecule has 0 bridgehead atoms. The Balaban J connectivity index is 2.03. The first-order chi connectivity index (χ1) is 8.66. The number of nitrogens with two attached hydrogens (primary N) is 1. The molecule has 2 amide bonds. The number of hydrogen-bond acceptors (Lipinski definition) is 3. The van der Waals surface area contributed by atoms with E-state index in [4.69, 9.17) is 5.73 Å². The van der Waals surface area contributed by atoms with Gasteiger partial charge < -0.3 is 5.73 Å². The average Bonchev–Trinajstić information content (AvgIpc) is 2.94. The fourth-order valence-corrected chi connectivity index (χ4v) is 2.27. The lowest BCUT2D eigenvalue weighted by Gasteiger charge is -2.17. The molecular formula is C12H12N4O2. The number of hydrogen-bond donors (Lipinski definition) is 1. The third kappa shape index (κ3) is 1.54. The smallest absolute Gasteiger partial charge is 0.228 e. The van der Waals surface area contributed by atoms with Gasteiger partial charge in [-0.15, -0.1) is 0 Å². The molecule has 0 spiro atoms. The molecule has 2 N–H and O–H groups in total. The van der Waals surface area contributed by atoms with E-state index in [-0.39, 0.29) is 12.3 Å². The van der Waals surface area contributed by atoms with Crippen molar-refractivity contribution in [2.75, 3.05) is 11.4 Å². The molecule has 2 aromatic rings. The van der Waals surface area contributed by atoms with E-state index in [1.807, 2.05) is 22.6 Å². The highest BCUT2D eigenvalue weighted by Crippen LogP contribution is 2.25. The molecule has 0 aromatic carbocycles. The van der Waals surface area contributed by atoms with Crippen LogP contribution in [0.2, 0.25) is 0 Å². The second kappa shape index (κ2) is 3.83. The van der Waals surface area contributed by atoms with Gasteiger partial charge in [-0.1, -0.05) is 6.07 Å². The summed E-state index contributed by atoms with van der Waals surface area (Å²) in [5.74, 6) is -0.196. The van der Waals surface area contributed by atoms with Crippen LogP contribution < -0.4 is 10.6 Å². The molecule has 6 nitrogen and oxygen atoms in total. The fourth-order valence-electron chi connectivity index (χ4n) is 2.27. The molecule has 1 fully saturated rings. The van der Waals surface area contributed by atoms with Gasteiger partial charge in [0.1, 0.15) is 11.5 Å². The van der Waals surface area contributed by atoms with E-state index in [2.05, 4.69) is 4.98 Å². The molecule has 1 atom stereocenters. The first-order valence-electron chi connectivity index (χ1n) is 5.68. The monoisotopic (exact) mass is 244 g/mol. The van der Waals surface area contributed by atoms with E-state index in [0.29, 0.717) is 6.54 Å². The summed E-state index contributed by atoms with van der Waals surface area (Å²) < 4.78 is 1.82. The standard InChI is InChI=1S/C12H12N4O2/c13-12(18)8-6-11(17)16(7-8)10-3-1-2-9-14-4-5-15(9)10/h1-5,8H,6-7H2,(H2,13,18). The number of primary amides is 1. The van der Waals surface area contributed by atoms with Gasteiger partial charge in [0, 0.05) is 25.4 Å². The van der Waals surface area contributed by atoms with Crippen LogP contribution in [0.25, 0.3) is 5.65 Å². The molecule has 0 saturated carbocycles. The van der Waals surface area contributed by atoms with Crippen molar-refractivity contribution in [3.8, 4) is 0 Å². The molecule has 92 valence electrons. The molecular weight excluding hydrogens is 232 g/mol. The van der Waals surface area contributed by atoms with Crippen LogP contribution in [0.1, 0.15) is 6.42 Å². The molecule has 18 heavy (non-hydrogen) atoms. The van der Waals surface area contributed by atoms with Crippen molar-refractivity contribution < 1.29 is 9.59 Å². The summed E-state index contributed by atoms with van der Waals surface area (Å²) in [6.45, 7) is 0.339. The number of carbonyl (C=O) groups is 2. The Morgan fingerprint density at radius 2 is 2.28 bits per heavy atom. The topological polar surface area (TPSA) is 80.7 Å². The van der Waals surface area contributed by atoms with Gasteiger partial charge >= 0.3 is 0 Å². The summed E-state index contributed by atoms with van der Waals surface area (Å²) in [7, 11) is 0. The minimum atomic E-state index is -0.427. The van der Waals surface area contributed by atoms with Gasteiger partial charge in [-0.3, -0.25) is 18.9 Å². The Labute approximate surface area is 103 Å². The van der Waals surface area contributed by atoms with Crippen LogP contribution >= 0.6 is 0 Å². The summed E-state index contributed by atoms with van der Waals surface area (Å²) in [5, 5.41) is 0. The van der Waals surface area contributed by atoms with E-state index in [1.54, 1.807) is 17.3 Å². The van der Waals surface area contributed by atoms with Crippen LogP contribution in [0.4, 0.5) is 5.82 Å². The zero-order chi connectivity index (χ0) is 12.7. The predicted octanol–water partition coefficient (Wildman–Crippen LogP) is 0.172. The van der Waals surface area contributed by atoms with Crippen LogP contribution in [0, 0.1) is 5.92 Å². The Bertz CT molecular complexity index is 634. The summed E-state index contributed by atoms with van der Waals surface area (Å²) in [6, 6.07) is 5.52. The lowest BCUT2D eigenvalue weighted by Crippen LogP contribution is -2.29. The molecule has 1 unspecified atom stereocenters. The maximum absolute atomic E-state index is 11.9. The van der Waals surface area contributed by atoms with E-state index in [0.717, 1.165) is 11.5 Å². The van der Waals surface area contributed by atoms with Crippen molar-refractivity contribution in [1.29, 1.82) is 0 Å². The number of pyridine rings is 1. The van der Waals surface area contributed by atoms with Gasteiger partial charge in [0.05, 0.1) is 5.92 Å². The summed E-state index contributed by atoms with van der Waals surface area (Å²) >= 11 is 0. The quantitative estimate of drug-likeness (QED) is 0.817. The minimum absolute atomic E-state index is 0.0833. The maximum atomic E-state index is 11.9. The number of fused-ring (bicyclic) bond motifs is 1. The first kappa shape index (κ1) is 10.8. The normalized spacial score (nSPS) is 19.7. The number of rotatable bonds is 2. The Hall–Kier alpha value is -2.37.